The van der Waals surface area contributed by atoms with Gasteiger partial charge in [0.05, 0.1) is 19.3 Å². The van der Waals surface area contributed by atoms with Crippen LogP contribution < -0.4 is 4.74 Å². The van der Waals surface area contributed by atoms with Crippen LogP contribution in [0.25, 0.3) is 0 Å². The number of thioether (sulfide) groups is 1. The summed E-state index contributed by atoms with van der Waals surface area (Å²) < 4.78 is 10.8. The first-order chi connectivity index (χ1) is 11.2. The van der Waals surface area contributed by atoms with Crippen molar-refractivity contribution in [1.82, 2.24) is 15.1 Å². The Morgan fingerprint density at radius 1 is 1.30 bits per heavy atom. The fraction of sp³-hybridized carbons (Fsp3) is 0.438. The van der Waals surface area contributed by atoms with Crippen LogP contribution in [-0.4, -0.2) is 47.0 Å². The lowest BCUT2D eigenvalue weighted by Gasteiger charge is -2.17. The lowest BCUT2D eigenvalue weighted by Crippen LogP contribution is -2.31. The van der Waals surface area contributed by atoms with Gasteiger partial charge < -0.3 is 14.1 Å². The van der Waals surface area contributed by atoms with E-state index in [0.717, 1.165) is 11.3 Å². The van der Waals surface area contributed by atoms with Gasteiger partial charge in [0.25, 0.3) is 5.22 Å². The van der Waals surface area contributed by atoms with Crippen LogP contribution in [0, 0.1) is 0 Å². The number of benzene rings is 1. The molecule has 0 radical (unpaired) electrons. The summed E-state index contributed by atoms with van der Waals surface area (Å²) in [5.41, 5.74) is 1.03. The molecule has 1 heterocycles. The smallest absolute Gasteiger partial charge is 0.277 e. The Bertz CT molecular complexity index is 641. The first-order valence-electron chi connectivity index (χ1n) is 7.52. The summed E-state index contributed by atoms with van der Waals surface area (Å²) in [6.45, 7) is 5.34. The minimum Gasteiger partial charge on any atom is -0.497 e. The number of carbonyl (C=O) groups excluding carboxylic acids is 1. The lowest BCUT2D eigenvalue weighted by atomic mass is 10.1. The van der Waals surface area contributed by atoms with Crippen LogP contribution in [0.5, 0.6) is 5.75 Å². The minimum absolute atomic E-state index is 0.0764. The number of methoxy groups -OCH3 is 1. The van der Waals surface area contributed by atoms with Crippen molar-refractivity contribution in [3.05, 3.63) is 35.7 Å². The average Bonchev–Trinajstić information content (AvgIpc) is 3.01. The molecule has 0 N–H and O–H groups in total. The van der Waals surface area contributed by atoms with Crippen molar-refractivity contribution < 1.29 is 13.9 Å². The van der Waals surface area contributed by atoms with Gasteiger partial charge in [0.1, 0.15) is 5.75 Å². The van der Waals surface area contributed by atoms with Crippen molar-refractivity contribution in [2.24, 2.45) is 0 Å². The molecule has 23 heavy (non-hydrogen) atoms. The van der Waals surface area contributed by atoms with E-state index in [9.17, 15) is 4.79 Å². The van der Waals surface area contributed by atoms with E-state index in [4.69, 9.17) is 9.15 Å². The maximum atomic E-state index is 11.9. The Balaban J connectivity index is 1.91. The Hall–Kier alpha value is -2.02. The normalized spacial score (nSPS) is 10.6. The Labute approximate surface area is 140 Å². The van der Waals surface area contributed by atoms with Gasteiger partial charge >= 0.3 is 0 Å². The van der Waals surface area contributed by atoms with E-state index in [0.29, 0.717) is 36.4 Å². The van der Waals surface area contributed by atoms with E-state index in [1.165, 1.54) is 11.8 Å². The third-order valence-corrected chi connectivity index (χ3v) is 4.18. The second kappa shape index (κ2) is 8.57. The van der Waals surface area contributed by atoms with Gasteiger partial charge in [-0.3, -0.25) is 4.79 Å². The summed E-state index contributed by atoms with van der Waals surface area (Å²) in [5, 5.41) is 8.43. The average molecular weight is 335 g/mol. The molecule has 0 fully saturated rings. The zero-order chi connectivity index (χ0) is 16.7. The molecule has 0 saturated carbocycles. The number of rotatable bonds is 8. The molecule has 1 aromatic heterocycles. The Morgan fingerprint density at radius 3 is 2.78 bits per heavy atom. The minimum atomic E-state index is 0.0764. The molecule has 0 aliphatic carbocycles. The predicted octanol–water partition coefficient (Wildman–Crippen LogP) is 2.63. The van der Waals surface area contributed by atoms with Gasteiger partial charge in [0.15, 0.2) is 0 Å². The van der Waals surface area contributed by atoms with Crippen molar-refractivity contribution in [2.45, 2.75) is 25.5 Å². The maximum absolute atomic E-state index is 11.9. The highest BCUT2D eigenvalue weighted by atomic mass is 32.2. The van der Waals surface area contributed by atoms with Gasteiger partial charge in [-0.15, -0.1) is 10.2 Å². The third kappa shape index (κ3) is 4.99. The topological polar surface area (TPSA) is 68.5 Å². The molecule has 1 aromatic carbocycles. The predicted molar refractivity (Wildman–Crippen MR) is 88.8 cm³/mol. The standard InChI is InChI=1S/C16H21N3O3S/c1-4-19(5-2)15(20)11-23-16-18-17-14(22-16)10-12-7-6-8-13(9-12)21-3/h6-9H,4-5,10-11H2,1-3H3. The molecule has 1 amide bonds. The number of aromatic nitrogens is 2. The van der Waals surface area contributed by atoms with Crippen molar-refractivity contribution >= 4 is 17.7 Å². The molecule has 124 valence electrons. The van der Waals surface area contributed by atoms with E-state index in [-0.39, 0.29) is 5.91 Å². The van der Waals surface area contributed by atoms with Crippen molar-refractivity contribution in [2.75, 3.05) is 26.0 Å². The number of hydrogen-bond donors (Lipinski definition) is 0. The van der Waals surface area contributed by atoms with Crippen LogP contribution in [0.15, 0.2) is 33.9 Å². The van der Waals surface area contributed by atoms with Crippen LogP contribution in [-0.2, 0) is 11.2 Å². The van der Waals surface area contributed by atoms with E-state index in [2.05, 4.69) is 10.2 Å². The fourth-order valence-corrected chi connectivity index (χ4v) is 2.80. The lowest BCUT2D eigenvalue weighted by molar-refractivity contribution is -0.127. The van der Waals surface area contributed by atoms with Gasteiger partial charge in [-0.2, -0.15) is 0 Å². The van der Waals surface area contributed by atoms with Crippen LogP contribution in [0.3, 0.4) is 0 Å². The quantitative estimate of drug-likeness (QED) is 0.691. The van der Waals surface area contributed by atoms with E-state index < -0.39 is 0 Å². The molecule has 0 unspecified atom stereocenters. The Kier molecular flexibility index (Phi) is 6.46. The molecule has 0 spiro atoms. The first kappa shape index (κ1) is 17.3. The van der Waals surface area contributed by atoms with Gasteiger partial charge in [0.2, 0.25) is 11.8 Å². The zero-order valence-corrected chi connectivity index (χ0v) is 14.4. The number of hydrogen-bond acceptors (Lipinski definition) is 6. The summed E-state index contributed by atoms with van der Waals surface area (Å²) in [6.07, 6.45) is 0.536. The molecule has 0 bridgehead atoms. The van der Waals surface area contributed by atoms with Crippen molar-refractivity contribution in [3.8, 4) is 5.75 Å². The summed E-state index contributed by atoms with van der Waals surface area (Å²) in [7, 11) is 1.63. The van der Waals surface area contributed by atoms with Gasteiger partial charge in [-0.25, -0.2) is 0 Å². The molecule has 0 saturated heterocycles. The molecule has 0 aliphatic rings. The Morgan fingerprint density at radius 2 is 2.09 bits per heavy atom. The zero-order valence-electron chi connectivity index (χ0n) is 13.6. The molecule has 7 heteroatoms. The fourth-order valence-electron chi connectivity index (χ4n) is 2.12. The molecular formula is C16H21N3O3S. The van der Waals surface area contributed by atoms with E-state index in [1.807, 2.05) is 38.1 Å². The highest BCUT2D eigenvalue weighted by molar-refractivity contribution is 7.99. The monoisotopic (exact) mass is 335 g/mol. The first-order valence-corrected chi connectivity index (χ1v) is 8.50. The largest absolute Gasteiger partial charge is 0.497 e. The maximum Gasteiger partial charge on any atom is 0.277 e. The highest BCUT2D eigenvalue weighted by Gasteiger charge is 2.13. The highest BCUT2D eigenvalue weighted by Crippen LogP contribution is 2.20. The molecular weight excluding hydrogens is 314 g/mol. The van der Waals surface area contributed by atoms with Crippen LogP contribution in [0.1, 0.15) is 25.3 Å². The molecule has 2 rings (SSSR count). The van der Waals surface area contributed by atoms with Gasteiger partial charge in [-0.05, 0) is 31.5 Å². The summed E-state index contributed by atoms with van der Waals surface area (Å²) in [6, 6.07) is 7.71. The molecule has 2 aromatic rings. The van der Waals surface area contributed by atoms with E-state index in [1.54, 1.807) is 12.0 Å². The number of carbonyl (C=O) groups is 1. The summed E-state index contributed by atoms with van der Waals surface area (Å²) in [5.74, 6) is 1.70. The van der Waals surface area contributed by atoms with Crippen molar-refractivity contribution in [1.29, 1.82) is 0 Å². The summed E-state index contributed by atoms with van der Waals surface area (Å²) in [4.78, 5) is 13.7. The molecule has 6 nitrogen and oxygen atoms in total. The van der Waals surface area contributed by atoms with Crippen LogP contribution in [0.2, 0.25) is 0 Å². The molecule has 0 atom stereocenters. The van der Waals surface area contributed by atoms with Gasteiger partial charge in [0, 0.05) is 13.1 Å². The van der Waals surface area contributed by atoms with Crippen LogP contribution >= 0.6 is 11.8 Å². The van der Waals surface area contributed by atoms with Crippen molar-refractivity contribution in [3.63, 3.8) is 0 Å². The molecule has 0 aliphatic heterocycles. The second-order valence-electron chi connectivity index (χ2n) is 4.84. The second-order valence-corrected chi connectivity index (χ2v) is 5.77. The third-order valence-electron chi connectivity index (χ3n) is 3.37. The van der Waals surface area contributed by atoms with E-state index >= 15 is 0 Å². The number of nitrogens with zero attached hydrogens (tertiary/aromatic N) is 3. The summed E-state index contributed by atoms with van der Waals surface area (Å²) >= 11 is 1.27. The SMILES string of the molecule is CCN(CC)C(=O)CSc1nnc(Cc2cccc(OC)c2)o1. The number of amides is 1. The van der Waals surface area contributed by atoms with Gasteiger partial charge in [-0.1, -0.05) is 23.9 Å². The number of ether oxygens (including phenoxy) is 1. The van der Waals surface area contributed by atoms with Crippen LogP contribution in [0.4, 0.5) is 0 Å².